The minimum absolute atomic E-state index is 0.00810. The third-order valence-electron chi connectivity index (χ3n) is 6.75. The highest BCUT2D eigenvalue weighted by Crippen LogP contribution is 2.32. The van der Waals surface area contributed by atoms with Crippen molar-refractivity contribution in [3.8, 4) is 17.1 Å². The highest BCUT2D eigenvalue weighted by molar-refractivity contribution is 7.99. The van der Waals surface area contributed by atoms with E-state index in [1.807, 2.05) is 85.4 Å². The quantitative estimate of drug-likeness (QED) is 0.232. The van der Waals surface area contributed by atoms with E-state index < -0.39 is 5.41 Å². The molecule has 1 aliphatic rings. The first kappa shape index (κ1) is 29.4. The van der Waals surface area contributed by atoms with Crippen LogP contribution in [-0.2, 0) is 9.59 Å². The summed E-state index contributed by atoms with van der Waals surface area (Å²) in [6.07, 6.45) is 1.14. The Morgan fingerprint density at radius 3 is 2.38 bits per heavy atom. The summed E-state index contributed by atoms with van der Waals surface area (Å²) in [5, 5.41) is 10.6. The molecule has 7 nitrogen and oxygen atoms in total. The van der Waals surface area contributed by atoms with Crippen molar-refractivity contribution < 1.29 is 9.59 Å². The summed E-state index contributed by atoms with van der Waals surface area (Å²) in [5.41, 5.74) is 2.50. The Hall–Kier alpha value is -2.55. The van der Waals surface area contributed by atoms with Gasteiger partial charge in [-0.2, -0.15) is 0 Å². The summed E-state index contributed by atoms with van der Waals surface area (Å²) in [6.45, 7) is 11.6. The molecule has 208 valence electrons. The summed E-state index contributed by atoms with van der Waals surface area (Å²) in [5.74, 6) is 1.67. The molecule has 1 unspecified atom stereocenters. The van der Waals surface area contributed by atoms with Crippen molar-refractivity contribution in [3.05, 3.63) is 58.1 Å². The number of aryl methyl sites for hydroxylation is 1. The molecule has 4 rings (SSSR count). The second-order valence-electron chi connectivity index (χ2n) is 11.0. The normalized spacial score (nSPS) is 16.0. The van der Waals surface area contributed by atoms with Crippen LogP contribution >= 0.6 is 35.0 Å². The van der Waals surface area contributed by atoms with E-state index in [-0.39, 0.29) is 17.9 Å². The second-order valence-corrected chi connectivity index (χ2v) is 12.9. The molecule has 10 heteroatoms. The van der Waals surface area contributed by atoms with Gasteiger partial charge in [0, 0.05) is 48.8 Å². The molecule has 2 heterocycles. The lowest BCUT2D eigenvalue weighted by Gasteiger charge is -2.42. The average Bonchev–Trinajstić information content (AvgIpc) is 3.31. The number of piperazine rings is 1. The van der Waals surface area contributed by atoms with Crippen LogP contribution in [0, 0.1) is 12.3 Å². The van der Waals surface area contributed by atoms with E-state index in [1.165, 1.54) is 0 Å². The number of thioether (sulfide) groups is 1. The Kier molecular flexibility index (Phi) is 9.29. The first-order chi connectivity index (χ1) is 18.5. The molecule has 0 spiro atoms. The SMILES string of the molecule is Cc1ccc(-c2nnc(SCCCC(=O)N3CCN(C(=O)C(C)(C)C)C(C)C3)n2-c2ccc(Cl)c(Cl)c2)cc1. The molecule has 1 atom stereocenters. The van der Waals surface area contributed by atoms with Crippen LogP contribution in [0.25, 0.3) is 17.1 Å². The topological polar surface area (TPSA) is 71.3 Å². The predicted octanol–water partition coefficient (Wildman–Crippen LogP) is 6.53. The average molecular weight is 589 g/mol. The van der Waals surface area contributed by atoms with Crippen LogP contribution in [-0.4, -0.2) is 67.8 Å². The second kappa shape index (κ2) is 12.3. The van der Waals surface area contributed by atoms with Gasteiger partial charge in [0.1, 0.15) is 0 Å². The Morgan fingerprint density at radius 2 is 1.74 bits per heavy atom. The highest BCUT2D eigenvalue weighted by atomic mass is 35.5. The van der Waals surface area contributed by atoms with Gasteiger partial charge in [-0.3, -0.25) is 14.2 Å². The van der Waals surface area contributed by atoms with Gasteiger partial charge in [0.2, 0.25) is 11.8 Å². The van der Waals surface area contributed by atoms with Crippen LogP contribution < -0.4 is 0 Å². The first-order valence-corrected chi connectivity index (χ1v) is 14.9. The smallest absolute Gasteiger partial charge is 0.228 e. The van der Waals surface area contributed by atoms with Gasteiger partial charge in [-0.25, -0.2) is 0 Å². The molecule has 1 fully saturated rings. The molecular weight excluding hydrogens is 553 g/mol. The van der Waals surface area contributed by atoms with Crippen LogP contribution in [0.1, 0.15) is 46.1 Å². The number of carbonyl (C=O) groups excluding carboxylic acids is 2. The molecule has 2 amide bonds. The number of rotatable bonds is 7. The van der Waals surface area contributed by atoms with E-state index >= 15 is 0 Å². The summed E-state index contributed by atoms with van der Waals surface area (Å²) in [4.78, 5) is 29.5. The van der Waals surface area contributed by atoms with Gasteiger partial charge in [0.05, 0.1) is 15.7 Å². The fourth-order valence-corrected chi connectivity index (χ4v) is 5.75. The Labute approximate surface area is 244 Å². The van der Waals surface area contributed by atoms with E-state index in [0.29, 0.717) is 54.1 Å². The first-order valence-electron chi connectivity index (χ1n) is 13.1. The fourth-order valence-electron chi connectivity index (χ4n) is 4.57. The third-order valence-corrected chi connectivity index (χ3v) is 8.51. The van der Waals surface area contributed by atoms with E-state index in [1.54, 1.807) is 17.8 Å². The Morgan fingerprint density at radius 1 is 1.03 bits per heavy atom. The van der Waals surface area contributed by atoms with Crippen LogP contribution in [0.3, 0.4) is 0 Å². The maximum absolute atomic E-state index is 13.0. The van der Waals surface area contributed by atoms with Gasteiger partial charge in [0.25, 0.3) is 0 Å². The van der Waals surface area contributed by atoms with Gasteiger partial charge < -0.3 is 9.80 Å². The fraction of sp³-hybridized carbons (Fsp3) is 0.448. The van der Waals surface area contributed by atoms with Crippen molar-refractivity contribution in [1.82, 2.24) is 24.6 Å². The van der Waals surface area contributed by atoms with Crippen LogP contribution in [0.2, 0.25) is 10.0 Å². The summed E-state index contributed by atoms with van der Waals surface area (Å²) >= 11 is 14.1. The van der Waals surface area contributed by atoms with Crippen LogP contribution in [0.4, 0.5) is 0 Å². The number of aromatic nitrogens is 3. The molecule has 0 aliphatic carbocycles. The molecular formula is C29H35Cl2N5O2S. The van der Waals surface area contributed by atoms with Gasteiger partial charge >= 0.3 is 0 Å². The molecule has 1 aromatic heterocycles. The highest BCUT2D eigenvalue weighted by Gasteiger charge is 2.34. The number of halogens is 2. The van der Waals surface area contributed by atoms with Crippen molar-refractivity contribution in [1.29, 1.82) is 0 Å². The van der Waals surface area contributed by atoms with Crippen molar-refractivity contribution in [2.45, 2.75) is 58.7 Å². The number of carbonyl (C=O) groups is 2. The summed E-state index contributed by atoms with van der Waals surface area (Å²) < 4.78 is 1.98. The van der Waals surface area contributed by atoms with E-state index in [9.17, 15) is 9.59 Å². The molecule has 2 aromatic carbocycles. The number of hydrogen-bond donors (Lipinski definition) is 0. The van der Waals surface area contributed by atoms with E-state index in [4.69, 9.17) is 23.2 Å². The molecule has 0 bridgehead atoms. The maximum Gasteiger partial charge on any atom is 0.228 e. The van der Waals surface area contributed by atoms with E-state index in [2.05, 4.69) is 10.2 Å². The van der Waals surface area contributed by atoms with Crippen molar-refractivity contribution in [3.63, 3.8) is 0 Å². The maximum atomic E-state index is 13.0. The van der Waals surface area contributed by atoms with Gasteiger partial charge in [-0.1, -0.05) is 85.6 Å². The minimum Gasteiger partial charge on any atom is -0.339 e. The number of nitrogens with zero attached hydrogens (tertiary/aromatic N) is 5. The van der Waals surface area contributed by atoms with Crippen molar-refractivity contribution >= 4 is 46.8 Å². The number of benzene rings is 2. The lowest BCUT2D eigenvalue weighted by molar-refractivity contribution is -0.148. The van der Waals surface area contributed by atoms with Gasteiger partial charge in [-0.05, 0) is 38.5 Å². The largest absolute Gasteiger partial charge is 0.339 e. The number of amides is 2. The summed E-state index contributed by atoms with van der Waals surface area (Å²) in [6, 6.07) is 13.6. The van der Waals surface area contributed by atoms with Crippen molar-refractivity contribution in [2.75, 3.05) is 25.4 Å². The van der Waals surface area contributed by atoms with Gasteiger partial charge in [-0.15, -0.1) is 10.2 Å². The lowest BCUT2D eigenvalue weighted by atomic mass is 9.93. The summed E-state index contributed by atoms with van der Waals surface area (Å²) in [7, 11) is 0. The van der Waals surface area contributed by atoms with Crippen LogP contribution in [0.15, 0.2) is 47.6 Å². The molecule has 39 heavy (non-hydrogen) atoms. The zero-order valence-electron chi connectivity index (χ0n) is 23.1. The third kappa shape index (κ3) is 6.97. The zero-order chi connectivity index (χ0) is 28.3. The van der Waals surface area contributed by atoms with E-state index in [0.717, 1.165) is 22.0 Å². The Bertz CT molecular complexity index is 1340. The molecule has 3 aromatic rings. The number of hydrogen-bond acceptors (Lipinski definition) is 5. The van der Waals surface area contributed by atoms with Gasteiger partial charge in [0.15, 0.2) is 11.0 Å². The predicted molar refractivity (Wildman–Crippen MR) is 159 cm³/mol. The molecule has 0 radical (unpaired) electrons. The standard InChI is InChI=1S/C29H35Cl2N5O2S/c1-19-8-10-21(11-9-19)26-32-33-28(36(26)22-12-13-23(30)24(31)17-22)39-16-6-7-25(37)34-14-15-35(20(2)18-34)27(38)29(3,4)5/h8-13,17,20H,6-7,14-16,18H2,1-5H3. The molecule has 1 aliphatic heterocycles. The Balaban J connectivity index is 1.40. The molecule has 0 N–H and O–H groups in total. The zero-order valence-corrected chi connectivity index (χ0v) is 25.4. The monoisotopic (exact) mass is 587 g/mol. The lowest BCUT2D eigenvalue weighted by Crippen LogP contribution is -2.57. The minimum atomic E-state index is -0.422. The molecule has 1 saturated heterocycles. The molecule has 0 saturated carbocycles. The van der Waals surface area contributed by atoms with Crippen LogP contribution in [0.5, 0.6) is 0 Å². The van der Waals surface area contributed by atoms with Crippen molar-refractivity contribution in [2.24, 2.45) is 5.41 Å².